The average molecular weight is 346 g/mol. The molecule has 1 fully saturated rings. The maximum atomic E-state index is 13.0. The van der Waals surface area contributed by atoms with Gasteiger partial charge in [0.15, 0.2) is 0 Å². The zero-order valence-corrected chi connectivity index (χ0v) is 15.0. The van der Waals surface area contributed by atoms with Gasteiger partial charge in [0, 0.05) is 49.9 Å². The third kappa shape index (κ3) is 5.03. The Balaban J connectivity index is 2.33. The van der Waals surface area contributed by atoms with Gasteiger partial charge in [0.25, 0.3) is 5.91 Å². The van der Waals surface area contributed by atoms with Gasteiger partial charge < -0.3 is 21.3 Å². The summed E-state index contributed by atoms with van der Waals surface area (Å²) in [4.78, 5) is 37.5. The fourth-order valence-electron chi connectivity index (χ4n) is 3.21. The molecule has 2 atom stereocenters. The lowest BCUT2D eigenvalue weighted by Gasteiger charge is -2.38. The van der Waals surface area contributed by atoms with E-state index in [-0.39, 0.29) is 23.8 Å². The minimum Gasteiger partial charge on any atom is -0.334 e. The third-order valence-corrected chi connectivity index (χ3v) is 4.33. The number of anilines is 2. The molecule has 3 amide bonds. The quantitative estimate of drug-likeness (QED) is 0.773. The minimum absolute atomic E-state index is 0.00453. The van der Waals surface area contributed by atoms with Gasteiger partial charge in [-0.25, -0.2) is 0 Å². The monoisotopic (exact) mass is 346 g/mol. The van der Waals surface area contributed by atoms with Crippen LogP contribution in [0, 0.1) is 5.92 Å². The number of nitrogens with two attached hydrogens (primary N) is 1. The van der Waals surface area contributed by atoms with Crippen molar-refractivity contribution in [3.63, 3.8) is 0 Å². The molecule has 25 heavy (non-hydrogen) atoms. The number of nitrogens with one attached hydrogen (secondary N) is 2. The van der Waals surface area contributed by atoms with Gasteiger partial charge in [0.2, 0.25) is 11.8 Å². The summed E-state index contributed by atoms with van der Waals surface area (Å²) in [5, 5.41) is 5.33. The zero-order chi connectivity index (χ0) is 18.6. The lowest BCUT2D eigenvalue weighted by atomic mass is 9.92. The summed E-state index contributed by atoms with van der Waals surface area (Å²) in [6, 6.07) is 4.88. The van der Waals surface area contributed by atoms with Crippen LogP contribution in [0.2, 0.25) is 0 Å². The fraction of sp³-hybridized carbons (Fsp3) is 0.500. The number of benzene rings is 1. The Morgan fingerprint density at radius 3 is 2.16 bits per heavy atom. The molecule has 7 nitrogen and oxygen atoms in total. The first-order chi connectivity index (χ1) is 11.8. The van der Waals surface area contributed by atoms with Crippen molar-refractivity contribution in [2.45, 2.75) is 39.7 Å². The van der Waals surface area contributed by atoms with Crippen LogP contribution in [0.5, 0.6) is 0 Å². The summed E-state index contributed by atoms with van der Waals surface area (Å²) in [5.74, 6) is -0.0885. The van der Waals surface area contributed by atoms with Crippen molar-refractivity contribution in [3.05, 3.63) is 23.8 Å². The second-order valence-corrected chi connectivity index (χ2v) is 6.68. The molecule has 0 aliphatic carbocycles. The molecule has 0 aromatic heterocycles. The molecular weight excluding hydrogens is 320 g/mol. The molecule has 2 unspecified atom stereocenters. The van der Waals surface area contributed by atoms with Crippen LogP contribution in [0.4, 0.5) is 11.4 Å². The Hall–Kier alpha value is -2.41. The number of carbonyl (C=O) groups excluding carboxylic acids is 3. The van der Waals surface area contributed by atoms with Crippen LogP contribution >= 0.6 is 0 Å². The van der Waals surface area contributed by atoms with Crippen molar-refractivity contribution in [1.29, 1.82) is 0 Å². The summed E-state index contributed by atoms with van der Waals surface area (Å²) in [7, 11) is 0. The van der Waals surface area contributed by atoms with Crippen LogP contribution in [0.3, 0.4) is 0 Å². The lowest BCUT2D eigenvalue weighted by molar-refractivity contribution is -0.115. The fourth-order valence-corrected chi connectivity index (χ4v) is 3.21. The van der Waals surface area contributed by atoms with Crippen LogP contribution in [0.1, 0.15) is 44.0 Å². The topological polar surface area (TPSA) is 105 Å². The molecular formula is C18H26N4O3. The Bertz CT molecular complexity index is 640. The first kappa shape index (κ1) is 18.9. The van der Waals surface area contributed by atoms with Crippen LogP contribution in [0.25, 0.3) is 0 Å². The highest BCUT2D eigenvalue weighted by Gasteiger charge is 2.29. The highest BCUT2D eigenvalue weighted by Crippen LogP contribution is 2.26. The van der Waals surface area contributed by atoms with Crippen molar-refractivity contribution in [2.75, 3.05) is 23.7 Å². The first-order valence-corrected chi connectivity index (χ1v) is 8.51. The summed E-state index contributed by atoms with van der Waals surface area (Å²) >= 11 is 0. The molecule has 1 aromatic rings. The number of piperidine rings is 1. The second-order valence-electron chi connectivity index (χ2n) is 6.68. The van der Waals surface area contributed by atoms with Gasteiger partial charge in [0.1, 0.15) is 0 Å². The van der Waals surface area contributed by atoms with E-state index < -0.39 is 0 Å². The number of nitrogens with zero attached hydrogens (tertiary/aromatic N) is 1. The molecule has 7 heteroatoms. The van der Waals surface area contributed by atoms with Gasteiger partial charge in [-0.2, -0.15) is 0 Å². The average Bonchev–Trinajstić information content (AvgIpc) is 2.52. The number of rotatable bonds is 4. The van der Waals surface area contributed by atoms with E-state index in [4.69, 9.17) is 5.73 Å². The number of amides is 3. The van der Waals surface area contributed by atoms with E-state index in [9.17, 15) is 14.4 Å². The highest BCUT2D eigenvalue weighted by atomic mass is 16.2. The highest BCUT2D eigenvalue weighted by molar-refractivity contribution is 6.00. The van der Waals surface area contributed by atoms with E-state index in [2.05, 4.69) is 17.6 Å². The van der Waals surface area contributed by atoms with E-state index >= 15 is 0 Å². The third-order valence-electron chi connectivity index (χ3n) is 4.33. The SMILES string of the molecule is CC(=O)Nc1cc(NC(C)=O)cc(C(=O)N2CCC(C)CC2CN)c1. The molecule has 0 radical (unpaired) electrons. The number of likely N-dealkylation sites (tertiary alicyclic amines) is 1. The van der Waals surface area contributed by atoms with Gasteiger partial charge in [-0.05, 0) is 37.0 Å². The zero-order valence-electron chi connectivity index (χ0n) is 15.0. The Morgan fingerprint density at radius 1 is 1.12 bits per heavy atom. The van der Waals surface area contributed by atoms with Crippen LogP contribution < -0.4 is 16.4 Å². The predicted octanol–water partition coefficient (Wildman–Crippen LogP) is 1.80. The van der Waals surface area contributed by atoms with Crippen molar-refractivity contribution in [2.24, 2.45) is 11.7 Å². The van der Waals surface area contributed by atoms with Gasteiger partial charge in [0.05, 0.1) is 0 Å². The molecule has 136 valence electrons. The van der Waals surface area contributed by atoms with Crippen molar-refractivity contribution in [1.82, 2.24) is 4.90 Å². The van der Waals surface area contributed by atoms with Crippen molar-refractivity contribution >= 4 is 29.1 Å². The standard InChI is InChI=1S/C18H26N4O3/c1-11-4-5-22(17(6-11)10-19)18(25)14-7-15(20-12(2)23)9-16(8-14)21-13(3)24/h7-9,11,17H,4-6,10,19H2,1-3H3,(H,20,23)(H,21,24). The van der Waals surface area contributed by atoms with Gasteiger partial charge in [-0.15, -0.1) is 0 Å². The first-order valence-electron chi connectivity index (χ1n) is 8.51. The van der Waals surface area contributed by atoms with Gasteiger partial charge >= 0.3 is 0 Å². The molecule has 4 N–H and O–H groups in total. The summed E-state index contributed by atoms with van der Waals surface area (Å²) in [5.41, 5.74) is 7.21. The smallest absolute Gasteiger partial charge is 0.254 e. The maximum Gasteiger partial charge on any atom is 0.254 e. The molecule has 0 spiro atoms. The van der Waals surface area contributed by atoms with Crippen LogP contribution in [-0.2, 0) is 9.59 Å². The van der Waals surface area contributed by atoms with Gasteiger partial charge in [-0.1, -0.05) is 6.92 Å². The van der Waals surface area contributed by atoms with E-state index in [1.807, 2.05) is 0 Å². The summed E-state index contributed by atoms with van der Waals surface area (Å²) in [6.45, 7) is 6.02. The number of hydrogen-bond acceptors (Lipinski definition) is 4. The molecule has 1 heterocycles. The normalized spacial score (nSPS) is 20.1. The summed E-state index contributed by atoms with van der Waals surface area (Å²) in [6.07, 6.45) is 1.82. The second kappa shape index (κ2) is 8.11. The van der Waals surface area contributed by atoms with Crippen LogP contribution in [-0.4, -0.2) is 41.8 Å². The van der Waals surface area contributed by atoms with E-state index in [0.717, 1.165) is 12.8 Å². The number of carbonyl (C=O) groups is 3. The Morgan fingerprint density at radius 2 is 1.68 bits per heavy atom. The van der Waals surface area contributed by atoms with Crippen LogP contribution in [0.15, 0.2) is 18.2 Å². The molecule has 0 bridgehead atoms. The molecule has 0 saturated carbocycles. The molecule has 1 saturated heterocycles. The lowest BCUT2D eigenvalue weighted by Crippen LogP contribution is -2.49. The minimum atomic E-state index is -0.245. The molecule has 1 aliphatic rings. The van der Waals surface area contributed by atoms with E-state index in [1.54, 1.807) is 23.1 Å². The van der Waals surface area contributed by atoms with Crippen molar-refractivity contribution < 1.29 is 14.4 Å². The Labute approximate surface area is 147 Å². The van der Waals surface area contributed by atoms with Crippen molar-refractivity contribution in [3.8, 4) is 0 Å². The maximum absolute atomic E-state index is 13.0. The summed E-state index contributed by atoms with van der Waals surface area (Å²) < 4.78 is 0. The molecule has 1 aromatic carbocycles. The van der Waals surface area contributed by atoms with Gasteiger partial charge in [-0.3, -0.25) is 14.4 Å². The largest absolute Gasteiger partial charge is 0.334 e. The van der Waals surface area contributed by atoms with E-state index in [1.165, 1.54) is 13.8 Å². The van der Waals surface area contributed by atoms with E-state index in [0.29, 0.717) is 35.9 Å². The molecule has 2 rings (SSSR count). The number of hydrogen-bond donors (Lipinski definition) is 3. The Kier molecular flexibility index (Phi) is 6.14. The predicted molar refractivity (Wildman–Crippen MR) is 97.3 cm³/mol. The molecule has 1 aliphatic heterocycles.